The number of nitrogens with one attached hydrogen (secondary N) is 1. The minimum Gasteiger partial charge on any atom is -0.331 e. The first-order chi connectivity index (χ1) is 16.0. The van der Waals surface area contributed by atoms with Crippen LogP contribution in [0.15, 0.2) is 48.6 Å². The number of benzene rings is 2. The summed E-state index contributed by atoms with van der Waals surface area (Å²) in [5.41, 5.74) is -0.0596. The zero-order chi connectivity index (χ0) is 24.8. The Morgan fingerprint density at radius 3 is 2.50 bits per heavy atom. The van der Waals surface area contributed by atoms with Gasteiger partial charge in [0.2, 0.25) is 10.0 Å². The normalized spacial score (nSPS) is 13.9. The second-order valence-corrected chi connectivity index (χ2v) is 9.85. The standard InChI is InChI=1S/C23H16ClF3N2O4S/c1-34(32,33)28-23(31)22-21(14-4-2-3-5-20(14)30)15-9-13(24)6-7-19(15)29(22)11-12-8-17(26)18(27)10-16(12)25/h2-4,6-10H,5,11H2,1H3,(H,28,31). The molecule has 1 aliphatic carbocycles. The summed E-state index contributed by atoms with van der Waals surface area (Å²) in [7, 11) is -4.03. The molecule has 34 heavy (non-hydrogen) atoms. The number of allylic oxidation sites excluding steroid dienone is 4. The summed E-state index contributed by atoms with van der Waals surface area (Å²) >= 11 is 6.16. The Balaban J connectivity index is 2.06. The van der Waals surface area contributed by atoms with Crippen molar-refractivity contribution in [2.75, 3.05) is 6.26 Å². The van der Waals surface area contributed by atoms with Crippen LogP contribution in [0.2, 0.25) is 5.02 Å². The smallest absolute Gasteiger partial charge is 0.282 e. The average Bonchev–Trinajstić information content (AvgIpc) is 3.04. The maximum Gasteiger partial charge on any atom is 0.282 e. The maximum absolute atomic E-state index is 14.5. The molecule has 0 radical (unpaired) electrons. The van der Waals surface area contributed by atoms with E-state index in [9.17, 15) is 31.2 Å². The number of hydrogen-bond donors (Lipinski definition) is 1. The molecule has 0 spiro atoms. The van der Waals surface area contributed by atoms with Crippen LogP contribution in [0, 0.1) is 17.5 Å². The molecule has 2 aromatic carbocycles. The van der Waals surface area contributed by atoms with Crippen LogP contribution < -0.4 is 4.72 Å². The van der Waals surface area contributed by atoms with E-state index in [0.29, 0.717) is 23.0 Å². The molecule has 1 N–H and O–H groups in total. The Morgan fingerprint density at radius 2 is 1.82 bits per heavy atom. The van der Waals surface area contributed by atoms with E-state index < -0.39 is 39.9 Å². The number of carbonyl (C=O) groups excluding carboxylic acids is 2. The van der Waals surface area contributed by atoms with Crippen molar-refractivity contribution in [2.24, 2.45) is 0 Å². The van der Waals surface area contributed by atoms with E-state index >= 15 is 0 Å². The molecule has 0 unspecified atom stereocenters. The highest BCUT2D eigenvalue weighted by Crippen LogP contribution is 2.36. The fraction of sp³-hybridized carbons (Fsp3) is 0.130. The van der Waals surface area contributed by atoms with E-state index in [4.69, 9.17) is 11.6 Å². The number of ketones is 1. The summed E-state index contributed by atoms with van der Waals surface area (Å²) in [6, 6.07) is 5.50. The van der Waals surface area contributed by atoms with Crippen LogP contribution in [-0.4, -0.2) is 30.9 Å². The SMILES string of the molecule is CS(=O)(=O)NC(=O)c1c(C2=CC=CCC2=O)c2cc(Cl)ccc2n1Cc1cc(F)c(F)cc1F. The molecule has 1 aliphatic rings. The highest BCUT2D eigenvalue weighted by molar-refractivity contribution is 7.89. The van der Waals surface area contributed by atoms with Gasteiger partial charge in [-0.1, -0.05) is 29.8 Å². The molecule has 6 nitrogen and oxygen atoms in total. The fourth-order valence-corrected chi connectivity index (χ4v) is 4.44. The molecule has 1 amide bonds. The first kappa shape index (κ1) is 23.8. The van der Waals surface area contributed by atoms with Gasteiger partial charge in [0.25, 0.3) is 5.91 Å². The molecule has 0 aliphatic heterocycles. The van der Waals surface area contributed by atoms with Crippen molar-refractivity contribution in [3.63, 3.8) is 0 Å². The van der Waals surface area contributed by atoms with Crippen molar-refractivity contribution in [3.8, 4) is 0 Å². The summed E-state index contributed by atoms with van der Waals surface area (Å²) in [5, 5.41) is 0.587. The lowest BCUT2D eigenvalue weighted by atomic mass is 9.93. The topological polar surface area (TPSA) is 85.2 Å². The molecule has 176 valence electrons. The number of sulfonamides is 1. The zero-order valence-electron chi connectivity index (χ0n) is 17.5. The number of halogens is 4. The van der Waals surface area contributed by atoms with Gasteiger partial charge in [-0.2, -0.15) is 0 Å². The van der Waals surface area contributed by atoms with Gasteiger partial charge in [0.1, 0.15) is 11.5 Å². The third-order valence-electron chi connectivity index (χ3n) is 5.21. The Hall–Kier alpha value is -3.37. The van der Waals surface area contributed by atoms with E-state index in [1.165, 1.54) is 28.8 Å². The quantitative estimate of drug-likeness (QED) is 0.519. The Kier molecular flexibility index (Phi) is 6.13. The monoisotopic (exact) mass is 508 g/mol. The number of amides is 1. The first-order valence-electron chi connectivity index (χ1n) is 9.84. The van der Waals surface area contributed by atoms with Crippen molar-refractivity contribution in [1.82, 2.24) is 9.29 Å². The van der Waals surface area contributed by atoms with Gasteiger partial charge in [-0.15, -0.1) is 0 Å². The number of fused-ring (bicyclic) bond motifs is 1. The summed E-state index contributed by atoms with van der Waals surface area (Å²) in [6.07, 6.45) is 5.52. The third-order valence-corrected chi connectivity index (χ3v) is 6.00. The van der Waals surface area contributed by atoms with Gasteiger partial charge in [-0.05, 0) is 24.3 Å². The van der Waals surface area contributed by atoms with Crippen LogP contribution in [0.5, 0.6) is 0 Å². The van der Waals surface area contributed by atoms with Crippen LogP contribution in [0.3, 0.4) is 0 Å². The van der Waals surface area contributed by atoms with Crippen molar-refractivity contribution in [2.45, 2.75) is 13.0 Å². The van der Waals surface area contributed by atoms with Crippen molar-refractivity contribution < 1.29 is 31.2 Å². The zero-order valence-corrected chi connectivity index (χ0v) is 19.1. The van der Waals surface area contributed by atoms with Gasteiger partial charge in [0, 0.05) is 45.1 Å². The lowest BCUT2D eigenvalue weighted by Crippen LogP contribution is -2.32. The van der Waals surface area contributed by atoms with Gasteiger partial charge in [-0.3, -0.25) is 9.59 Å². The molecular weight excluding hydrogens is 493 g/mol. The molecule has 3 aromatic rings. The maximum atomic E-state index is 14.5. The van der Waals surface area contributed by atoms with E-state index in [2.05, 4.69) is 0 Å². The molecule has 11 heteroatoms. The van der Waals surface area contributed by atoms with Crippen LogP contribution >= 0.6 is 11.6 Å². The van der Waals surface area contributed by atoms with Crippen LogP contribution in [0.25, 0.3) is 16.5 Å². The summed E-state index contributed by atoms with van der Waals surface area (Å²) in [4.78, 5) is 25.9. The number of hydrogen-bond acceptors (Lipinski definition) is 4. The Morgan fingerprint density at radius 1 is 1.12 bits per heavy atom. The minimum atomic E-state index is -4.03. The first-order valence-corrected chi connectivity index (χ1v) is 12.1. The third kappa shape index (κ3) is 4.51. The Bertz CT molecular complexity index is 1540. The summed E-state index contributed by atoms with van der Waals surface area (Å²) in [5.74, 6) is -5.17. The van der Waals surface area contributed by atoms with E-state index in [1.807, 2.05) is 4.72 Å². The molecule has 0 saturated heterocycles. The Labute approximate surface area is 197 Å². The van der Waals surface area contributed by atoms with Gasteiger partial charge in [-0.25, -0.2) is 26.3 Å². The average molecular weight is 509 g/mol. The van der Waals surface area contributed by atoms with Crippen LogP contribution in [0.4, 0.5) is 13.2 Å². The molecule has 0 fully saturated rings. The molecule has 1 heterocycles. The highest BCUT2D eigenvalue weighted by atomic mass is 35.5. The van der Waals surface area contributed by atoms with Crippen molar-refractivity contribution in [3.05, 3.63) is 87.9 Å². The van der Waals surface area contributed by atoms with Gasteiger partial charge >= 0.3 is 0 Å². The van der Waals surface area contributed by atoms with Gasteiger partial charge in [0.15, 0.2) is 17.4 Å². The summed E-state index contributed by atoms with van der Waals surface area (Å²) in [6.45, 7) is -0.467. The van der Waals surface area contributed by atoms with Gasteiger partial charge in [0.05, 0.1) is 12.8 Å². The van der Waals surface area contributed by atoms with Gasteiger partial charge < -0.3 is 4.57 Å². The van der Waals surface area contributed by atoms with E-state index in [1.54, 1.807) is 12.2 Å². The molecule has 1 aromatic heterocycles. The molecule has 0 saturated carbocycles. The number of Topliss-reactive ketones (excluding diaryl/α,β-unsaturated/α-hetero) is 1. The summed E-state index contributed by atoms with van der Waals surface area (Å²) < 4.78 is 68.6. The highest BCUT2D eigenvalue weighted by Gasteiger charge is 2.30. The molecule has 4 rings (SSSR count). The van der Waals surface area contributed by atoms with E-state index in [-0.39, 0.29) is 39.6 Å². The largest absolute Gasteiger partial charge is 0.331 e. The van der Waals surface area contributed by atoms with E-state index in [0.717, 1.165) is 6.26 Å². The number of rotatable bonds is 5. The van der Waals surface area contributed by atoms with Crippen LogP contribution in [-0.2, 0) is 21.4 Å². The van der Waals surface area contributed by atoms with Crippen molar-refractivity contribution in [1.29, 1.82) is 0 Å². The molecule has 0 bridgehead atoms. The lowest BCUT2D eigenvalue weighted by Gasteiger charge is -2.14. The van der Waals surface area contributed by atoms with Crippen LogP contribution in [0.1, 0.15) is 28.0 Å². The second-order valence-electron chi connectivity index (χ2n) is 7.67. The minimum absolute atomic E-state index is 0.0456. The predicted octanol–water partition coefficient (Wildman–Crippen LogP) is 4.36. The number of nitrogens with zero attached hydrogens (tertiary/aromatic N) is 1. The number of carbonyl (C=O) groups is 2. The van der Waals surface area contributed by atoms with Crippen molar-refractivity contribution >= 4 is 49.8 Å². The molecule has 0 atom stereocenters. The fourth-order valence-electron chi connectivity index (χ4n) is 3.84. The second kappa shape index (κ2) is 8.77. The number of aromatic nitrogens is 1. The lowest BCUT2D eigenvalue weighted by molar-refractivity contribution is -0.113. The predicted molar refractivity (Wildman–Crippen MR) is 121 cm³/mol. The molecular formula is C23H16ClF3N2O4S.